The summed E-state index contributed by atoms with van der Waals surface area (Å²) in [6, 6.07) is 4.97. The van der Waals surface area contributed by atoms with Crippen LogP contribution in [0.4, 0.5) is 4.39 Å². The monoisotopic (exact) mass is 365 g/mol. The molecule has 1 fully saturated rings. The molecule has 2 aromatic rings. The van der Waals surface area contributed by atoms with E-state index in [0.29, 0.717) is 11.7 Å². The summed E-state index contributed by atoms with van der Waals surface area (Å²) in [5.74, 6) is -0.456. The molecule has 1 aromatic heterocycles. The molecule has 6 nitrogen and oxygen atoms in total. The lowest BCUT2D eigenvalue weighted by Crippen LogP contribution is -2.29. The number of fused-ring (bicyclic) bond motifs is 1. The third-order valence-electron chi connectivity index (χ3n) is 4.91. The first-order chi connectivity index (χ1) is 11.7. The summed E-state index contributed by atoms with van der Waals surface area (Å²) < 4.78 is 15.1. The number of hydrogen-bond acceptors (Lipinski definition) is 4. The maximum atomic E-state index is 13.3. The molecule has 134 valence electrons. The lowest BCUT2D eigenvalue weighted by molar-refractivity contribution is 0.0931. The van der Waals surface area contributed by atoms with Gasteiger partial charge in [-0.05, 0) is 62.0 Å². The molecular formula is C17H21ClFN5O. The summed E-state index contributed by atoms with van der Waals surface area (Å²) in [6.45, 7) is 1.92. The second kappa shape index (κ2) is 7.49. The van der Waals surface area contributed by atoms with Gasteiger partial charge in [-0.15, -0.1) is 17.5 Å². The fraction of sp³-hybridized carbons (Fsp3) is 0.471. The van der Waals surface area contributed by atoms with Gasteiger partial charge in [-0.1, -0.05) is 11.3 Å². The van der Waals surface area contributed by atoms with Gasteiger partial charge in [0, 0.05) is 0 Å². The van der Waals surface area contributed by atoms with Crippen molar-refractivity contribution in [3.63, 3.8) is 0 Å². The first kappa shape index (κ1) is 17.8. The Morgan fingerprint density at radius 1 is 1.28 bits per heavy atom. The van der Waals surface area contributed by atoms with Gasteiger partial charge in [0.15, 0.2) is 5.69 Å². The van der Waals surface area contributed by atoms with Gasteiger partial charge in [0.25, 0.3) is 5.91 Å². The Labute approximate surface area is 151 Å². The first-order valence-corrected chi connectivity index (χ1v) is 8.42. The lowest BCUT2D eigenvalue weighted by Gasteiger charge is -2.22. The number of nitrogens with zero attached hydrogens (tertiary/aromatic N) is 3. The number of halogens is 2. The van der Waals surface area contributed by atoms with E-state index in [1.54, 1.807) is 23.0 Å². The average molecular weight is 366 g/mol. The van der Waals surface area contributed by atoms with Crippen LogP contribution in [-0.4, -0.2) is 34.0 Å². The first-order valence-electron chi connectivity index (χ1n) is 8.42. The fourth-order valence-corrected chi connectivity index (χ4v) is 3.60. The number of nitrogens with one attached hydrogen (secondary N) is 2. The maximum Gasteiger partial charge on any atom is 0.273 e. The molecule has 0 saturated carbocycles. The highest BCUT2D eigenvalue weighted by molar-refractivity contribution is 5.92. The molecule has 2 heterocycles. The topological polar surface area (TPSA) is 71.8 Å². The van der Waals surface area contributed by atoms with Gasteiger partial charge >= 0.3 is 0 Å². The van der Waals surface area contributed by atoms with Crippen LogP contribution in [0.1, 0.15) is 53.0 Å². The highest BCUT2D eigenvalue weighted by atomic mass is 35.5. The Hall–Kier alpha value is -1.99. The Balaban J connectivity index is 0.00000182. The van der Waals surface area contributed by atoms with Crippen molar-refractivity contribution < 1.29 is 9.18 Å². The second-order valence-electron chi connectivity index (χ2n) is 6.47. The minimum absolute atomic E-state index is 0. The van der Waals surface area contributed by atoms with E-state index in [-0.39, 0.29) is 30.2 Å². The number of aromatic nitrogens is 3. The standard InChI is InChI=1S/C17H20FN5O.ClH/c18-12-2-3-14-11(9-12)1-4-15(14)20-17(24)16-10-23(22-21-16)13-5-7-19-8-6-13;/h2-3,9-10,13,15,19H,1,4-8H2,(H,20,24);1H. The summed E-state index contributed by atoms with van der Waals surface area (Å²) in [6.07, 6.45) is 5.27. The zero-order chi connectivity index (χ0) is 16.5. The van der Waals surface area contributed by atoms with E-state index in [1.165, 1.54) is 6.07 Å². The summed E-state index contributed by atoms with van der Waals surface area (Å²) in [5.41, 5.74) is 2.30. The van der Waals surface area contributed by atoms with Gasteiger partial charge in [0.1, 0.15) is 5.82 Å². The van der Waals surface area contributed by atoms with Crippen LogP contribution in [0.25, 0.3) is 0 Å². The van der Waals surface area contributed by atoms with Gasteiger partial charge in [-0.2, -0.15) is 0 Å². The van der Waals surface area contributed by atoms with Crippen molar-refractivity contribution in [2.45, 2.75) is 37.8 Å². The van der Waals surface area contributed by atoms with E-state index in [1.807, 2.05) is 0 Å². The van der Waals surface area contributed by atoms with Crippen molar-refractivity contribution in [1.29, 1.82) is 0 Å². The van der Waals surface area contributed by atoms with Gasteiger partial charge in [0.05, 0.1) is 18.3 Å². The number of aryl methyl sites for hydroxylation is 1. The van der Waals surface area contributed by atoms with Crippen LogP contribution < -0.4 is 10.6 Å². The molecule has 1 saturated heterocycles. The minimum atomic E-state index is -0.231. The van der Waals surface area contributed by atoms with Crippen LogP contribution in [-0.2, 0) is 6.42 Å². The molecule has 1 amide bonds. The van der Waals surface area contributed by atoms with E-state index < -0.39 is 0 Å². The summed E-state index contributed by atoms with van der Waals surface area (Å²) in [5, 5.41) is 14.4. The summed E-state index contributed by atoms with van der Waals surface area (Å²) in [4.78, 5) is 12.5. The van der Waals surface area contributed by atoms with Crippen molar-refractivity contribution in [3.8, 4) is 0 Å². The quantitative estimate of drug-likeness (QED) is 0.874. The van der Waals surface area contributed by atoms with E-state index in [9.17, 15) is 9.18 Å². The van der Waals surface area contributed by atoms with Crippen LogP contribution in [0.2, 0.25) is 0 Å². The predicted molar refractivity (Wildman–Crippen MR) is 93.3 cm³/mol. The number of benzene rings is 1. The van der Waals surface area contributed by atoms with Gasteiger partial charge in [-0.3, -0.25) is 4.79 Å². The SMILES string of the molecule is Cl.O=C(NC1CCc2cc(F)ccc21)c1cn(C2CCNCC2)nn1. The molecule has 2 aliphatic rings. The molecule has 0 bridgehead atoms. The van der Waals surface area contributed by atoms with Crippen LogP contribution in [0.3, 0.4) is 0 Å². The Kier molecular flexibility index (Phi) is 5.34. The third kappa shape index (κ3) is 3.67. The normalized spacial score (nSPS) is 20.0. The van der Waals surface area contributed by atoms with Gasteiger partial charge < -0.3 is 10.6 Å². The molecule has 1 aliphatic heterocycles. The zero-order valence-electron chi connectivity index (χ0n) is 13.7. The zero-order valence-corrected chi connectivity index (χ0v) is 14.6. The summed E-state index contributed by atoms with van der Waals surface area (Å²) >= 11 is 0. The van der Waals surface area contributed by atoms with E-state index in [2.05, 4.69) is 20.9 Å². The second-order valence-corrected chi connectivity index (χ2v) is 6.47. The number of carbonyl (C=O) groups is 1. The molecule has 8 heteroatoms. The van der Waals surface area contributed by atoms with Crippen molar-refractivity contribution in [3.05, 3.63) is 47.0 Å². The number of carbonyl (C=O) groups excluding carboxylic acids is 1. The fourth-order valence-electron chi connectivity index (χ4n) is 3.60. The number of piperidine rings is 1. The average Bonchev–Trinajstić information content (AvgIpc) is 3.23. The number of rotatable bonds is 3. The van der Waals surface area contributed by atoms with Crippen LogP contribution >= 0.6 is 12.4 Å². The molecule has 4 rings (SSSR count). The summed E-state index contributed by atoms with van der Waals surface area (Å²) in [7, 11) is 0. The Morgan fingerprint density at radius 2 is 2.08 bits per heavy atom. The van der Waals surface area contributed by atoms with Crippen LogP contribution in [0, 0.1) is 5.82 Å². The third-order valence-corrected chi connectivity index (χ3v) is 4.91. The van der Waals surface area contributed by atoms with E-state index >= 15 is 0 Å². The molecule has 0 spiro atoms. The molecule has 0 radical (unpaired) electrons. The smallest absolute Gasteiger partial charge is 0.273 e. The van der Waals surface area contributed by atoms with E-state index in [4.69, 9.17) is 0 Å². The molecule has 1 aliphatic carbocycles. The Bertz CT molecular complexity index is 759. The maximum absolute atomic E-state index is 13.3. The largest absolute Gasteiger partial charge is 0.344 e. The van der Waals surface area contributed by atoms with E-state index in [0.717, 1.165) is 49.9 Å². The van der Waals surface area contributed by atoms with Crippen LogP contribution in [0.15, 0.2) is 24.4 Å². The Morgan fingerprint density at radius 3 is 2.88 bits per heavy atom. The predicted octanol–water partition coefficient (Wildman–Crippen LogP) is 2.18. The van der Waals surface area contributed by atoms with Crippen molar-refractivity contribution in [2.24, 2.45) is 0 Å². The molecular weight excluding hydrogens is 345 g/mol. The molecule has 1 unspecified atom stereocenters. The van der Waals surface area contributed by atoms with Crippen molar-refractivity contribution in [1.82, 2.24) is 25.6 Å². The lowest BCUT2D eigenvalue weighted by atomic mass is 10.1. The molecule has 1 aromatic carbocycles. The van der Waals surface area contributed by atoms with Crippen molar-refractivity contribution in [2.75, 3.05) is 13.1 Å². The number of amides is 1. The van der Waals surface area contributed by atoms with Gasteiger partial charge in [-0.25, -0.2) is 9.07 Å². The highest BCUT2D eigenvalue weighted by Crippen LogP contribution is 2.31. The number of hydrogen-bond donors (Lipinski definition) is 2. The van der Waals surface area contributed by atoms with Gasteiger partial charge in [0.2, 0.25) is 0 Å². The minimum Gasteiger partial charge on any atom is -0.344 e. The molecule has 2 N–H and O–H groups in total. The van der Waals surface area contributed by atoms with Crippen molar-refractivity contribution >= 4 is 18.3 Å². The molecule has 25 heavy (non-hydrogen) atoms. The highest BCUT2D eigenvalue weighted by Gasteiger charge is 2.26. The van der Waals surface area contributed by atoms with Crippen LogP contribution in [0.5, 0.6) is 0 Å². The molecule has 1 atom stereocenters.